The molecule has 2 heterocycles. The van der Waals surface area contributed by atoms with Gasteiger partial charge in [-0.05, 0) is 42.3 Å². The third kappa shape index (κ3) is 2.83. The second-order valence-electron chi connectivity index (χ2n) is 6.15. The third-order valence-corrected chi connectivity index (χ3v) is 5.94. The smallest absolute Gasteiger partial charge is 0.227 e. The maximum atomic E-state index is 12.3. The fraction of sp³-hybridized carbons (Fsp3) is 0.211. The first-order chi connectivity index (χ1) is 12.0. The summed E-state index contributed by atoms with van der Waals surface area (Å²) < 4.78 is 1.13. The Balaban J connectivity index is 1.76. The van der Waals surface area contributed by atoms with E-state index >= 15 is 0 Å². The van der Waals surface area contributed by atoms with E-state index < -0.39 is 11.2 Å². The van der Waals surface area contributed by atoms with Crippen molar-refractivity contribution in [3.8, 4) is 10.6 Å². The Kier molecular flexibility index (Phi) is 4.06. The number of carbonyl (C=O) groups excluding carboxylic acids is 2. The zero-order valence-electron chi connectivity index (χ0n) is 13.5. The zero-order valence-corrected chi connectivity index (χ0v) is 15.1. The van der Waals surface area contributed by atoms with Crippen LogP contribution in [0.3, 0.4) is 0 Å². The quantitative estimate of drug-likeness (QED) is 0.642. The van der Waals surface area contributed by atoms with Crippen molar-refractivity contribution in [3.63, 3.8) is 0 Å². The van der Waals surface area contributed by atoms with Gasteiger partial charge in [0, 0.05) is 24.2 Å². The number of hydrogen-bond donors (Lipinski definition) is 0. The van der Waals surface area contributed by atoms with Crippen LogP contribution in [0.4, 0.5) is 5.69 Å². The maximum Gasteiger partial charge on any atom is 0.227 e. The van der Waals surface area contributed by atoms with Gasteiger partial charge < -0.3 is 4.90 Å². The van der Waals surface area contributed by atoms with Crippen LogP contribution in [-0.4, -0.2) is 22.7 Å². The number of anilines is 1. The molecule has 0 radical (unpaired) electrons. The van der Waals surface area contributed by atoms with Gasteiger partial charge in [-0.1, -0.05) is 24.3 Å². The highest BCUT2D eigenvalue weighted by molar-refractivity contribution is 7.21. The van der Waals surface area contributed by atoms with Gasteiger partial charge >= 0.3 is 0 Å². The number of carbonyl (C=O) groups is 2. The van der Waals surface area contributed by atoms with Crippen LogP contribution >= 0.6 is 22.9 Å². The van der Waals surface area contributed by atoms with Gasteiger partial charge in [0.15, 0.2) is 0 Å². The van der Waals surface area contributed by atoms with Crippen LogP contribution in [0, 0.1) is 12.8 Å². The van der Waals surface area contributed by atoms with Crippen LogP contribution in [0.2, 0.25) is 0 Å². The summed E-state index contributed by atoms with van der Waals surface area (Å²) in [7, 11) is 0. The average Bonchev–Trinajstić information content (AvgIpc) is 3.18. The average molecular weight is 371 g/mol. The molecule has 1 saturated heterocycles. The molecule has 126 valence electrons. The topological polar surface area (TPSA) is 50.3 Å². The molecular formula is C19H15ClN2O2S. The molecule has 1 fully saturated rings. The first-order valence-electron chi connectivity index (χ1n) is 8.00. The van der Waals surface area contributed by atoms with Gasteiger partial charge in [-0.25, -0.2) is 4.98 Å². The van der Waals surface area contributed by atoms with Crippen molar-refractivity contribution in [2.75, 3.05) is 11.4 Å². The molecule has 2 aromatic carbocycles. The lowest BCUT2D eigenvalue weighted by molar-refractivity contribution is -0.120. The second kappa shape index (κ2) is 6.24. The van der Waals surface area contributed by atoms with Gasteiger partial charge in [-0.15, -0.1) is 11.3 Å². The molecule has 0 aliphatic carbocycles. The van der Waals surface area contributed by atoms with Gasteiger partial charge in [0.1, 0.15) is 5.01 Å². The molecular weight excluding hydrogens is 356 g/mol. The molecule has 1 amide bonds. The highest BCUT2D eigenvalue weighted by Crippen LogP contribution is 2.37. The van der Waals surface area contributed by atoms with Gasteiger partial charge in [0.25, 0.3) is 0 Å². The Morgan fingerprint density at radius 2 is 2.04 bits per heavy atom. The first kappa shape index (κ1) is 16.2. The van der Waals surface area contributed by atoms with E-state index in [1.807, 2.05) is 43.3 Å². The van der Waals surface area contributed by atoms with Crippen molar-refractivity contribution in [1.29, 1.82) is 0 Å². The molecule has 25 heavy (non-hydrogen) atoms. The van der Waals surface area contributed by atoms with Crippen molar-refractivity contribution in [2.45, 2.75) is 13.3 Å². The molecule has 4 rings (SSSR count). The molecule has 0 saturated carbocycles. The number of amides is 1. The minimum Gasteiger partial charge on any atom is -0.311 e. The van der Waals surface area contributed by atoms with E-state index in [0.717, 1.165) is 32.0 Å². The van der Waals surface area contributed by atoms with Crippen LogP contribution in [0.5, 0.6) is 0 Å². The van der Waals surface area contributed by atoms with Gasteiger partial charge in [0.05, 0.1) is 16.1 Å². The van der Waals surface area contributed by atoms with E-state index in [0.29, 0.717) is 6.54 Å². The summed E-state index contributed by atoms with van der Waals surface area (Å²) in [6, 6.07) is 13.9. The van der Waals surface area contributed by atoms with E-state index in [4.69, 9.17) is 16.6 Å². The molecule has 1 aliphatic heterocycles. The normalized spacial score (nSPS) is 17.4. The lowest BCUT2D eigenvalue weighted by atomic mass is 10.1. The van der Waals surface area contributed by atoms with Gasteiger partial charge in [-0.2, -0.15) is 0 Å². The van der Waals surface area contributed by atoms with E-state index in [9.17, 15) is 9.59 Å². The number of rotatable bonds is 3. The SMILES string of the molecule is Cc1c(-c2nc3ccccc3s2)cccc1N1C[C@@H](C(=O)Cl)CC1=O. The molecule has 6 heteroatoms. The number of nitrogens with zero attached hydrogens (tertiary/aromatic N) is 2. The van der Waals surface area contributed by atoms with Crippen molar-refractivity contribution in [2.24, 2.45) is 5.92 Å². The molecule has 0 spiro atoms. The Morgan fingerprint density at radius 3 is 2.76 bits per heavy atom. The molecule has 4 nitrogen and oxygen atoms in total. The minimum absolute atomic E-state index is 0.0662. The number of halogens is 1. The summed E-state index contributed by atoms with van der Waals surface area (Å²) in [4.78, 5) is 30.1. The molecule has 1 aromatic heterocycles. The van der Waals surface area contributed by atoms with E-state index in [-0.39, 0.29) is 12.3 Å². The van der Waals surface area contributed by atoms with Crippen LogP contribution < -0.4 is 4.90 Å². The fourth-order valence-electron chi connectivity index (χ4n) is 3.23. The predicted octanol–water partition coefficient (Wildman–Crippen LogP) is 4.39. The Labute approximate surface area is 154 Å². The highest BCUT2D eigenvalue weighted by atomic mass is 35.5. The Hall–Kier alpha value is -2.24. The molecule has 0 unspecified atom stereocenters. The van der Waals surface area contributed by atoms with Crippen molar-refractivity contribution >= 4 is 50.0 Å². The van der Waals surface area contributed by atoms with Crippen LogP contribution in [0.25, 0.3) is 20.8 Å². The standard InChI is InChI=1S/C19H15ClN2O2S/c1-11-13(19-21-14-6-2-3-8-16(14)25-19)5-4-7-15(11)22-10-12(18(20)24)9-17(22)23/h2-8,12H,9-10H2,1H3/t12-/m0/s1. The van der Waals surface area contributed by atoms with Crippen molar-refractivity contribution < 1.29 is 9.59 Å². The maximum absolute atomic E-state index is 12.3. The number of para-hydroxylation sites is 1. The monoisotopic (exact) mass is 370 g/mol. The number of thiazole rings is 1. The summed E-state index contributed by atoms with van der Waals surface area (Å²) in [5.41, 5.74) is 3.78. The van der Waals surface area contributed by atoms with Crippen molar-refractivity contribution in [3.05, 3.63) is 48.0 Å². The Morgan fingerprint density at radius 1 is 1.24 bits per heavy atom. The number of fused-ring (bicyclic) bond motifs is 1. The van der Waals surface area contributed by atoms with Gasteiger partial charge in [-0.3, -0.25) is 9.59 Å². The number of hydrogen-bond acceptors (Lipinski definition) is 4. The fourth-order valence-corrected chi connectivity index (χ4v) is 4.42. The predicted molar refractivity (Wildman–Crippen MR) is 101 cm³/mol. The van der Waals surface area contributed by atoms with E-state index in [2.05, 4.69) is 6.07 Å². The lowest BCUT2D eigenvalue weighted by Crippen LogP contribution is -2.26. The summed E-state index contributed by atoms with van der Waals surface area (Å²) in [6.45, 7) is 2.32. The molecule has 0 N–H and O–H groups in total. The number of aromatic nitrogens is 1. The van der Waals surface area contributed by atoms with Crippen molar-refractivity contribution in [1.82, 2.24) is 4.98 Å². The molecule has 0 bridgehead atoms. The third-order valence-electron chi connectivity index (χ3n) is 4.57. The van der Waals surface area contributed by atoms with E-state index in [1.165, 1.54) is 0 Å². The molecule has 3 aromatic rings. The Bertz CT molecular complexity index is 965. The van der Waals surface area contributed by atoms with Gasteiger partial charge in [0.2, 0.25) is 11.1 Å². The summed E-state index contributed by atoms with van der Waals surface area (Å²) in [6.07, 6.45) is 0.174. The summed E-state index contributed by atoms with van der Waals surface area (Å²) in [5, 5.41) is 0.480. The second-order valence-corrected chi connectivity index (χ2v) is 7.55. The lowest BCUT2D eigenvalue weighted by Gasteiger charge is -2.20. The summed E-state index contributed by atoms with van der Waals surface area (Å²) in [5.74, 6) is -0.497. The largest absolute Gasteiger partial charge is 0.311 e. The molecule has 1 aliphatic rings. The summed E-state index contributed by atoms with van der Waals surface area (Å²) >= 11 is 7.22. The zero-order chi connectivity index (χ0) is 17.6. The minimum atomic E-state index is -0.448. The van der Waals surface area contributed by atoms with E-state index in [1.54, 1.807) is 16.2 Å². The first-order valence-corrected chi connectivity index (χ1v) is 9.19. The number of benzene rings is 2. The van der Waals surface area contributed by atoms with Crippen LogP contribution in [0.15, 0.2) is 42.5 Å². The van der Waals surface area contributed by atoms with Crippen LogP contribution in [-0.2, 0) is 9.59 Å². The highest BCUT2D eigenvalue weighted by Gasteiger charge is 2.35. The molecule has 1 atom stereocenters. The van der Waals surface area contributed by atoms with Crippen LogP contribution in [0.1, 0.15) is 12.0 Å².